The largest absolute Gasteiger partial charge is 0.381 e. The molecule has 0 bridgehead atoms. The number of fused-ring (bicyclic) bond motifs is 3. The molecule has 1 aromatic heterocycles. The highest BCUT2D eigenvalue weighted by molar-refractivity contribution is 7.21. The van der Waals surface area contributed by atoms with Crippen molar-refractivity contribution in [3.63, 3.8) is 0 Å². The number of hydrazine groups is 1. The minimum Gasteiger partial charge on any atom is -0.381 e. The number of nitrogens with zero attached hydrogens (tertiary/aromatic N) is 1. The summed E-state index contributed by atoms with van der Waals surface area (Å²) in [4.78, 5) is 17.6. The maximum absolute atomic E-state index is 12.9. The fraction of sp³-hybridized carbons (Fsp3) is 0.412. The average Bonchev–Trinajstić information content (AvgIpc) is 2.91. The third-order valence-electron chi connectivity index (χ3n) is 4.74. The lowest BCUT2D eigenvalue weighted by Crippen LogP contribution is -2.51. The number of nitrogen functional groups attached to an aromatic ring is 1. The predicted octanol–water partition coefficient (Wildman–Crippen LogP) is 3.62. The smallest absolute Gasteiger partial charge is 0.264 e. The van der Waals surface area contributed by atoms with Gasteiger partial charge in [-0.2, -0.15) is 0 Å². The van der Waals surface area contributed by atoms with Gasteiger partial charge in [-0.25, -0.2) is 0 Å². The fourth-order valence-electron chi connectivity index (χ4n) is 3.41. The second-order valence-electron chi connectivity index (χ2n) is 6.13. The molecule has 6 nitrogen and oxygen atoms in total. The quantitative estimate of drug-likeness (QED) is 0.378. The zero-order valence-corrected chi connectivity index (χ0v) is 14.8. The first-order valence-electron chi connectivity index (χ1n) is 8.18. The van der Waals surface area contributed by atoms with Crippen molar-refractivity contribution in [2.24, 2.45) is 10.8 Å². The molecule has 1 aromatic carbocycles. The van der Waals surface area contributed by atoms with E-state index in [-0.39, 0.29) is 11.4 Å². The lowest BCUT2D eigenvalue weighted by molar-refractivity contribution is 0.0904. The Balaban J connectivity index is 2.16. The summed E-state index contributed by atoms with van der Waals surface area (Å²) in [6.07, 6.45) is 2.84. The van der Waals surface area contributed by atoms with Gasteiger partial charge < -0.3 is 16.1 Å². The van der Waals surface area contributed by atoms with Gasteiger partial charge in [0.05, 0.1) is 22.6 Å². The molecule has 0 aliphatic carbocycles. The molecule has 128 valence electrons. The van der Waals surface area contributed by atoms with Crippen LogP contribution in [0.2, 0.25) is 0 Å². The lowest BCUT2D eigenvalue weighted by Gasteiger charge is -2.32. The summed E-state index contributed by atoms with van der Waals surface area (Å²) in [7, 11) is 0. The van der Waals surface area contributed by atoms with E-state index < -0.39 is 0 Å². The van der Waals surface area contributed by atoms with Gasteiger partial charge in [-0.3, -0.25) is 15.6 Å². The van der Waals surface area contributed by atoms with Gasteiger partial charge in [0.25, 0.3) is 5.91 Å². The first-order chi connectivity index (χ1) is 11.6. The monoisotopic (exact) mass is 345 g/mol. The molecule has 1 aliphatic rings. The molecule has 1 unspecified atom stereocenters. The van der Waals surface area contributed by atoms with E-state index >= 15 is 0 Å². The van der Waals surface area contributed by atoms with Crippen LogP contribution in [-0.2, 0) is 0 Å². The molecule has 24 heavy (non-hydrogen) atoms. The van der Waals surface area contributed by atoms with Crippen molar-refractivity contribution in [1.82, 2.24) is 5.32 Å². The van der Waals surface area contributed by atoms with Gasteiger partial charge in [0, 0.05) is 16.6 Å². The molecule has 0 fully saturated rings. The average molecular weight is 345 g/mol. The summed E-state index contributed by atoms with van der Waals surface area (Å²) < 4.78 is 0.988. The van der Waals surface area contributed by atoms with E-state index in [0.717, 1.165) is 35.0 Å². The summed E-state index contributed by atoms with van der Waals surface area (Å²) in [6, 6.07) is 3.80. The van der Waals surface area contributed by atoms with Gasteiger partial charge in [-0.05, 0) is 31.7 Å². The number of amides is 1. The Morgan fingerprint density at radius 1 is 1.46 bits per heavy atom. The number of nitrogens with two attached hydrogens (primary N) is 1. The lowest BCUT2D eigenvalue weighted by atomic mass is 9.90. The first kappa shape index (κ1) is 16.7. The van der Waals surface area contributed by atoms with Gasteiger partial charge >= 0.3 is 0 Å². The molecule has 1 aliphatic heterocycles. The first-order valence-corrected chi connectivity index (χ1v) is 9.00. The van der Waals surface area contributed by atoms with Crippen molar-refractivity contribution in [3.8, 4) is 0 Å². The molecular formula is C17H23N5OS. The van der Waals surface area contributed by atoms with E-state index in [2.05, 4.69) is 41.6 Å². The van der Waals surface area contributed by atoms with Crippen molar-refractivity contribution in [3.05, 3.63) is 17.0 Å². The highest BCUT2D eigenvalue weighted by Gasteiger charge is 2.35. The summed E-state index contributed by atoms with van der Waals surface area (Å²) in [6.45, 7) is 8.54. The van der Waals surface area contributed by atoms with Crippen LogP contribution in [-0.4, -0.2) is 24.7 Å². The normalized spacial score (nSPS) is 20.0. The second kappa shape index (κ2) is 6.41. The molecule has 3 rings (SSSR count). The van der Waals surface area contributed by atoms with Crippen molar-refractivity contribution in [2.75, 3.05) is 17.3 Å². The van der Waals surface area contributed by atoms with Crippen molar-refractivity contribution < 1.29 is 4.79 Å². The number of thiophene rings is 1. The Morgan fingerprint density at radius 2 is 2.25 bits per heavy atom. The van der Waals surface area contributed by atoms with Crippen LogP contribution in [0.3, 0.4) is 0 Å². The van der Waals surface area contributed by atoms with Crippen molar-refractivity contribution in [1.29, 1.82) is 0 Å². The van der Waals surface area contributed by atoms with Crippen LogP contribution >= 0.6 is 11.3 Å². The molecule has 7 heteroatoms. The van der Waals surface area contributed by atoms with E-state index in [4.69, 9.17) is 5.84 Å². The third kappa shape index (κ3) is 2.53. The van der Waals surface area contributed by atoms with Crippen LogP contribution in [0.15, 0.2) is 17.1 Å². The third-order valence-corrected chi connectivity index (χ3v) is 5.90. The van der Waals surface area contributed by atoms with Gasteiger partial charge in [-0.15, -0.1) is 11.3 Å². The van der Waals surface area contributed by atoms with E-state index in [0.29, 0.717) is 22.8 Å². The van der Waals surface area contributed by atoms with Crippen LogP contribution in [0.1, 0.15) is 42.8 Å². The molecule has 0 saturated heterocycles. The number of hydrogen-bond donors (Lipinski definition) is 4. The Hall–Kier alpha value is -2.12. The Morgan fingerprint density at radius 3 is 2.88 bits per heavy atom. The SMILES string of the molecule is C=Nc1ccc2sc3c(c2c1NN)NCC(CC)(CCC)NC3=O. The van der Waals surface area contributed by atoms with Crippen LogP contribution in [0.4, 0.5) is 17.1 Å². The fourth-order valence-corrected chi connectivity index (χ4v) is 4.49. The molecule has 5 N–H and O–H groups in total. The number of hydrogen-bond acceptors (Lipinski definition) is 6. The Bertz CT molecular complexity index is 800. The van der Waals surface area contributed by atoms with Gasteiger partial charge in [0.2, 0.25) is 0 Å². The molecule has 0 spiro atoms. The predicted molar refractivity (Wildman–Crippen MR) is 103 cm³/mol. The number of anilines is 2. The zero-order chi connectivity index (χ0) is 17.3. The summed E-state index contributed by atoms with van der Waals surface area (Å²) in [5.74, 6) is 5.70. The van der Waals surface area contributed by atoms with Crippen LogP contribution < -0.4 is 21.9 Å². The molecule has 0 saturated carbocycles. The standard InChI is InChI=1S/C17H23N5OS/c1-4-8-17(5-2)9-20-14-12-11(24-15(14)16(23)21-17)7-6-10(19-3)13(12)22-18/h6-7,20,22H,3-5,8-9,18H2,1-2H3,(H,21,23). The number of rotatable bonds is 5. The second-order valence-corrected chi connectivity index (χ2v) is 7.19. The van der Waals surface area contributed by atoms with Crippen LogP contribution in [0, 0.1) is 0 Å². The Kier molecular flexibility index (Phi) is 4.47. The topological polar surface area (TPSA) is 91.5 Å². The van der Waals surface area contributed by atoms with E-state index in [1.165, 1.54) is 11.3 Å². The molecule has 0 radical (unpaired) electrons. The molecule has 2 heterocycles. The van der Waals surface area contributed by atoms with Gasteiger partial charge in [-0.1, -0.05) is 20.3 Å². The maximum Gasteiger partial charge on any atom is 0.264 e. The number of nitrogens with one attached hydrogen (secondary N) is 3. The molecule has 2 aromatic rings. The van der Waals surface area contributed by atoms with Crippen molar-refractivity contribution >= 4 is 51.1 Å². The molecular weight excluding hydrogens is 322 g/mol. The highest BCUT2D eigenvalue weighted by Crippen LogP contribution is 2.45. The highest BCUT2D eigenvalue weighted by atomic mass is 32.1. The number of carbonyl (C=O) groups excluding carboxylic acids is 1. The van der Waals surface area contributed by atoms with Crippen LogP contribution in [0.5, 0.6) is 0 Å². The van der Waals surface area contributed by atoms with E-state index in [1.54, 1.807) is 0 Å². The van der Waals surface area contributed by atoms with Gasteiger partial charge in [0.15, 0.2) is 0 Å². The maximum atomic E-state index is 12.9. The number of benzene rings is 1. The number of carbonyl (C=O) groups is 1. The number of aliphatic imine (C=N–C) groups is 1. The van der Waals surface area contributed by atoms with E-state index in [9.17, 15) is 4.79 Å². The molecule has 1 amide bonds. The van der Waals surface area contributed by atoms with Gasteiger partial charge in [0.1, 0.15) is 4.88 Å². The minimum atomic E-state index is -0.221. The summed E-state index contributed by atoms with van der Waals surface area (Å²) in [5, 5.41) is 7.65. The zero-order valence-electron chi connectivity index (χ0n) is 14.0. The summed E-state index contributed by atoms with van der Waals surface area (Å²) in [5.41, 5.74) is 4.70. The Labute approximate surface area is 145 Å². The van der Waals surface area contributed by atoms with E-state index in [1.807, 2.05) is 12.1 Å². The minimum absolute atomic E-state index is 0.0254. The van der Waals surface area contributed by atoms with Crippen LogP contribution in [0.25, 0.3) is 10.1 Å². The summed E-state index contributed by atoms with van der Waals surface area (Å²) >= 11 is 1.47. The van der Waals surface area contributed by atoms with Crippen molar-refractivity contribution in [2.45, 2.75) is 38.6 Å². The molecule has 1 atom stereocenters.